The molecule has 0 N–H and O–H groups in total. The molecule has 0 bridgehead atoms. The van der Waals surface area contributed by atoms with Crippen molar-refractivity contribution in [3.05, 3.63) is 52.5 Å². The molecule has 0 radical (unpaired) electrons. The first-order valence-electron chi connectivity index (χ1n) is 4.85. The van der Waals surface area contributed by atoms with Gasteiger partial charge in [0.1, 0.15) is 12.1 Å². The predicted molar refractivity (Wildman–Crippen MR) is 66.2 cm³/mol. The highest BCUT2D eigenvalue weighted by Crippen LogP contribution is 2.25. The standard InChI is InChI=1S/C12H9BrN2O2/c1-17-11-4-9(13)2-3-10(11)12(16)8-5-14-7-15-6-8/h2-7H,1H3. The van der Waals surface area contributed by atoms with Crippen molar-refractivity contribution in [2.75, 3.05) is 7.11 Å². The number of ketones is 1. The van der Waals surface area contributed by atoms with Gasteiger partial charge >= 0.3 is 0 Å². The van der Waals surface area contributed by atoms with Gasteiger partial charge in [-0.25, -0.2) is 9.97 Å². The number of rotatable bonds is 3. The maximum Gasteiger partial charge on any atom is 0.199 e. The lowest BCUT2D eigenvalue weighted by Gasteiger charge is -2.07. The first-order valence-corrected chi connectivity index (χ1v) is 5.65. The minimum atomic E-state index is -0.157. The van der Waals surface area contributed by atoms with E-state index in [1.165, 1.54) is 25.8 Å². The molecule has 0 aliphatic heterocycles. The van der Waals surface area contributed by atoms with E-state index in [2.05, 4.69) is 25.9 Å². The van der Waals surface area contributed by atoms with Crippen molar-refractivity contribution in [3.63, 3.8) is 0 Å². The molecule has 0 amide bonds. The van der Waals surface area contributed by atoms with Crippen LogP contribution in [0.4, 0.5) is 0 Å². The number of aromatic nitrogens is 2. The summed E-state index contributed by atoms with van der Waals surface area (Å²) in [5, 5.41) is 0. The number of nitrogens with zero attached hydrogens (tertiary/aromatic N) is 2. The monoisotopic (exact) mass is 292 g/mol. The second kappa shape index (κ2) is 5.05. The van der Waals surface area contributed by atoms with Crippen LogP contribution >= 0.6 is 15.9 Å². The number of ether oxygens (including phenoxy) is 1. The Morgan fingerprint density at radius 1 is 1.29 bits per heavy atom. The summed E-state index contributed by atoms with van der Waals surface area (Å²) in [4.78, 5) is 19.8. The summed E-state index contributed by atoms with van der Waals surface area (Å²) in [5.74, 6) is 0.364. The third kappa shape index (κ3) is 2.50. The first-order chi connectivity index (χ1) is 8.22. The molecule has 2 rings (SSSR count). The van der Waals surface area contributed by atoms with Crippen LogP contribution in [0.3, 0.4) is 0 Å². The molecule has 0 unspecified atom stereocenters. The number of carbonyl (C=O) groups excluding carboxylic acids is 1. The van der Waals surface area contributed by atoms with Crippen LogP contribution in [0, 0.1) is 0 Å². The first kappa shape index (κ1) is 11.7. The van der Waals surface area contributed by atoms with E-state index in [9.17, 15) is 4.79 Å². The van der Waals surface area contributed by atoms with E-state index in [-0.39, 0.29) is 5.78 Å². The fourth-order valence-electron chi connectivity index (χ4n) is 1.42. The third-order valence-electron chi connectivity index (χ3n) is 2.23. The molecule has 5 heteroatoms. The smallest absolute Gasteiger partial charge is 0.199 e. The lowest BCUT2D eigenvalue weighted by atomic mass is 10.1. The summed E-state index contributed by atoms with van der Waals surface area (Å²) < 4.78 is 6.03. The van der Waals surface area contributed by atoms with Crippen molar-refractivity contribution in [2.24, 2.45) is 0 Å². The van der Waals surface area contributed by atoms with E-state index in [1.807, 2.05) is 0 Å². The molecule has 0 aliphatic rings. The molecule has 0 spiro atoms. The zero-order chi connectivity index (χ0) is 12.3. The van der Waals surface area contributed by atoms with Gasteiger partial charge in [0.2, 0.25) is 0 Å². The van der Waals surface area contributed by atoms with E-state index < -0.39 is 0 Å². The summed E-state index contributed by atoms with van der Waals surface area (Å²) in [6.45, 7) is 0. The summed E-state index contributed by atoms with van der Waals surface area (Å²) in [5.41, 5.74) is 0.929. The SMILES string of the molecule is COc1cc(Br)ccc1C(=O)c1cncnc1. The zero-order valence-electron chi connectivity index (χ0n) is 9.05. The Hall–Kier alpha value is -1.75. The van der Waals surface area contributed by atoms with E-state index in [0.29, 0.717) is 16.9 Å². The summed E-state index contributed by atoms with van der Waals surface area (Å²) in [6.07, 6.45) is 4.35. The third-order valence-corrected chi connectivity index (χ3v) is 2.72. The second-order valence-electron chi connectivity index (χ2n) is 3.30. The maximum absolute atomic E-state index is 12.2. The number of hydrogen-bond donors (Lipinski definition) is 0. The largest absolute Gasteiger partial charge is 0.496 e. The molecule has 86 valence electrons. The highest BCUT2D eigenvalue weighted by Gasteiger charge is 2.14. The van der Waals surface area contributed by atoms with Crippen LogP contribution < -0.4 is 4.74 Å². The molecule has 1 aromatic carbocycles. The molecule has 17 heavy (non-hydrogen) atoms. The maximum atomic E-state index is 12.2. The van der Waals surface area contributed by atoms with Gasteiger partial charge in [0.25, 0.3) is 0 Å². The van der Waals surface area contributed by atoms with Crippen LogP contribution in [0.1, 0.15) is 15.9 Å². The summed E-state index contributed by atoms with van der Waals surface area (Å²) >= 11 is 3.33. The number of carbonyl (C=O) groups is 1. The molecule has 1 heterocycles. The molecule has 0 aliphatic carbocycles. The Balaban J connectivity index is 2.44. The van der Waals surface area contributed by atoms with Gasteiger partial charge in [-0.3, -0.25) is 4.79 Å². The van der Waals surface area contributed by atoms with E-state index in [0.717, 1.165) is 4.47 Å². The van der Waals surface area contributed by atoms with E-state index in [4.69, 9.17) is 4.74 Å². The fourth-order valence-corrected chi connectivity index (χ4v) is 1.76. The van der Waals surface area contributed by atoms with Crippen molar-refractivity contribution in [3.8, 4) is 5.75 Å². The Labute approximate surface area is 107 Å². The number of methoxy groups -OCH3 is 1. The minimum absolute atomic E-state index is 0.157. The average molecular weight is 293 g/mol. The Bertz CT molecular complexity index is 543. The highest BCUT2D eigenvalue weighted by molar-refractivity contribution is 9.10. The lowest BCUT2D eigenvalue weighted by Crippen LogP contribution is -2.04. The molecule has 2 aromatic rings. The number of halogens is 1. The topological polar surface area (TPSA) is 52.1 Å². The molecule has 0 fully saturated rings. The summed E-state index contributed by atoms with van der Waals surface area (Å²) in [6, 6.07) is 5.24. The zero-order valence-corrected chi connectivity index (χ0v) is 10.6. The van der Waals surface area contributed by atoms with Crippen molar-refractivity contribution < 1.29 is 9.53 Å². The highest BCUT2D eigenvalue weighted by atomic mass is 79.9. The molecular formula is C12H9BrN2O2. The van der Waals surface area contributed by atoms with E-state index >= 15 is 0 Å². The molecule has 1 aromatic heterocycles. The van der Waals surface area contributed by atoms with Crippen molar-refractivity contribution in [1.82, 2.24) is 9.97 Å². The molecule has 0 saturated carbocycles. The fraction of sp³-hybridized carbons (Fsp3) is 0.0833. The van der Waals surface area contributed by atoms with Gasteiger partial charge in [0, 0.05) is 16.9 Å². The number of benzene rings is 1. The number of hydrogen-bond acceptors (Lipinski definition) is 4. The van der Waals surface area contributed by atoms with Crippen molar-refractivity contribution >= 4 is 21.7 Å². The summed E-state index contributed by atoms with van der Waals surface area (Å²) in [7, 11) is 1.53. The van der Waals surface area contributed by atoms with Crippen molar-refractivity contribution in [2.45, 2.75) is 0 Å². The normalized spacial score (nSPS) is 10.0. The van der Waals surface area contributed by atoms with Gasteiger partial charge in [0.05, 0.1) is 18.2 Å². The van der Waals surface area contributed by atoms with Crippen LogP contribution in [-0.2, 0) is 0 Å². The van der Waals surface area contributed by atoms with Crippen LogP contribution in [0.5, 0.6) is 5.75 Å². The van der Waals surface area contributed by atoms with Gasteiger partial charge in [-0.2, -0.15) is 0 Å². The molecule has 4 nitrogen and oxygen atoms in total. The molecule has 0 saturated heterocycles. The van der Waals surface area contributed by atoms with Crippen LogP contribution in [0.2, 0.25) is 0 Å². The van der Waals surface area contributed by atoms with E-state index in [1.54, 1.807) is 18.2 Å². The second-order valence-corrected chi connectivity index (χ2v) is 4.22. The quantitative estimate of drug-likeness (QED) is 0.816. The van der Waals surface area contributed by atoms with Crippen LogP contribution in [0.25, 0.3) is 0 Å². The average Bonchev–Trinajstić information content (AvgIpc) is 2.39. The Kier molecular flexibility index (Phi) is 3.49. The van der Waals surface area contributed by atoms with Gasteiger partial charge in [-0.15, -0.1) is 0 Å². The molecular weight excluding hydrogens is 284 g/mol. The van der Waals surface area contributed by atoms with Gasteiger partial charge in [-0.1, -0.05) is 15.9 Å². The molecule has 0 atom stereocenters. The van der Waals surface area contributed by atoms with Gasteiger partial charge in [0.15, 0.2) is 5.78 Å². The van der Waals surface area contributed by atoms with Crippen LogP contribution in [0.15, 0.2) is 41.4 Å². The Morgan fingerprint density at radius 2 is 2.00 bits per heavy atom. The van der Waals surface area contributed by atoms with Crippen molar-refractivity contribution in [1.29, 1.82) is 0 Å². The van der Waals surface area contributed by atoms with Gasteiger partial charge < -0.3 is 4.74 Å². The minimum Gasteiger partial charge on any atom is -0.496 e. The predicted octanol–water partition coefficient (Wildman–Crippen LogP) is 2.48. The Morgan fingerprint density at radius 3 is 2.65 bits per heavy atom. The lowest BCUT2D eigenvalue weighted by molar-refractivity contribution is 0.103. The van der Waals surface area contributed by atoms with Crippen LogP contribution in [-0.4, -0.2) is 22.9 Å². The van der Waals surface area contributed by atoms with Gasteiger partial charge in [-0.05, 0) is 18.2 Å².